The number of nitriles is 1. The summed E-state index contributed by atoms with van der Waals surface area (Å²) in [6.45, 7) is 2.80. The van der Waals surface area contributed by atoms with Crippen LogP contribution in [-0.2, 0) is 0 Å². The van der Waals surface area contributed by atoms with Crippen LogP contribution in [0.3, 0.4) is 0 Å². The van der Waals surface area contributed by atoms with Gasteiger partial charge in [0.15, 0.2) is 0 Å². The summed E-state index contributed by atoms with van der Waals surface area (Å²) >= 11 is 0. The average Bonchev–Trinajstić information content (AvgIpc) is 2.62. The smallest absolute Gasteiger partial charge is 0.205 e. The first-order valence-corrected chi connectivity index (χ1v) is 8.27. The van der Waals surface area contributed by atoms with E-state index in [1.165, 1.54) is 6.07 Å². The minimum atomic E-state index is -0.384. The van der Waals surface area contributed by atoms with Crippen LogP contribution < -0.4 is 15.2 Å². The summed E-state index contributed by atoms with van der Waals surface area (Å²) in [5.41, 5.74) is 7.86. The Labute approximate surface area is 146 Å². The van der Waals surface area contributed by atoms with Crippen molar-refractivity contribution in [1.82, 2.24) is 0 Å². The van der Waals surface area contributed by atoms with E-state index in [2.05, 4.69) is 13.0 Å². The van der Waals surface area contributed by atoms with Crippen LogP contribution in [0, 0.1) is 11.3 Å². The highest BCUT2D eigenvalue weighted by molar-refractivity contribution is 5.57. The Hall–Kier alpha value is -3.13. The van der Waals surface area contributed by atoms with Gasteiger partial charge in [0.25, 0.3) is 0 Å². The third kappa shape index (κ3) is 3.38. The van der Waals surface area contributed by atoms with Crippen LogP contribution in [0.4, 0.5) is 0 Å². The molecule has 0 aromatic heterocycles. The Balaban J connectivity index is 1.97. The monoisotopic (exact) mass is 336 g/mol. The summed E-state index contributed by atoms with van der Waals surface area (Å²) in [7, 11) is 0. The topological polar surface area (TPSA) is 88.5 Å². The van der Waals surface area contributed by atoms with E-state index in [4.69, 9.17) is 15.2 Å². The highest BCUT2D eigenvalue weighted by Gasteiger charge is 2.30. The second-order valence-electron chi connectivity index (χ2n) is 5.92. The van der Waals surface area contributed by atoms with Gasteiger partial charge in [0.2, 0.25) is 5.88 Å². The van der Waals surface area contributed by atoms with Gasteiger partial charge in [-0.15, -0.1) is 0 Å². The third-order valence-electron chi connectivity index (χ3n) is 4.18. The Morgan fingerprint density at radius 2 is 2.00 bits per heavy atom. The summed E-state index contributed by atoms with van der Waals surface area (Å²) < 4.78 is 11.2. The van der Waals surface area contributed by atoms with Gasteiger partial charge >= 0.3 is 0 Å². The molecule has 5 nitrogen and oxygen atoms in total. The SMILES string of the molecule is CCCCOc1ccc(C2C(C#N)=C(N)Oc3ccc(O)cc32)cc1. The van der Waals surface area contributed by atoms with Crippen molar-refractivity contribution in [2.24, 2.45) is 5.73 Å². The van der Waals surface area contributed by atoms with E-state index < -0.39 is 0 Å². The minimum Gasteiger partial charge on any atom is -0.508 e. The highest BCUT2D eigenvalue weighted by Crippen LogP contribution is 2.43. The van der Waals surface area contributed by atoms with Gasteiger partial charge in [-0.2, -0.15) is 5.26 Å². The van der Waals surface area contributed by atoms with Crippen LogP contribution in [0.2, 0.25) is 0 Å². The molecule has 0 amide bonds. The predicted octanol–water partition coefficient (Wildman–Crippen LogP) is 3.79. The van der Waals surface area contributed by atoms with Crippen molar-refractivity contribution in [1.29, 1.82) is 5.26 Å². The number of phenolic OH excluding ortho intramolecular Hbond substituents is 1. The van der Waals surface area contributed by atoms with E-state index in [0.29, 0.717) is 23.5 Å². The van der Waals surface area contributed by atoms with Gasteiger partial charge in [-0.25, -0.2) is 0 Å². The quantitative estimate of drug-likeness (QED) is 0.811. The molecular weight excluding hydrogens is 316 g/mol. The third-order valence-corrected chi connectivity index (χ3v) is 4.18. The molecule has 2 aromatic carbocycles. The molecule has 128 valence electrons. The molecule has 0 radical (unpaired) electrons. The molecule has 0 spiro atoms. The molecule has 1 aliphatic heterocycles. The molecular formula is C20H20N2O3. The Morgan fingerprint density at radius 3 is 2.68 bits per heavy atom. The van der Waals surface area contributed by atoms with E-state index in [1.54, 1.807) is 12.1 Å². The number of rotatable bonds is 5. The molecule has 3 rings (SSSR count). The van der Waals surface area contributed by atoms with Crippen LogP contribution in [-0.4, -0.2) is 11.7 Å². The largest absolute Gasteiger partial charge is 0.508 e. The van der Waals surface area contributed by atoms with E-state index in [-0.39, 0.29) is 17.6 Å². The number of aromatic hydroxyl groups is 1. The van der Waals surface area contributed by atoms with Crippen molar-refractivity contribution < 1.29 is 14.6 Å². The number of hydrogen-bond donors (Lipinski definition) is 2. The summed E-state index contributed by atoms with van der Waals surface area (Å²) in [5.74, 6) is 1.16. The summed E-state index contributed by atoms with van der Waals surface area (Å²) in [4.78, 5) is 0. The fourth-order valence-electron chi connectivity index (χ4n) is 2.88. The van der Waals surface area contributed by atoms with E-state index >= 15 is 0 Å². The van der Waals surface area contributed by atoms with Gasteiger partial charge in [0.05, 0.1) is 12.5 Å². The molecule has 2 aromatic rings. The van der Waals surface area contributed by atoms with Gasteiger partial charge in [-0.3, -0.25) is 0 Å². The standard InChI is InChI=1S/C20H20N2O3/c1-2-3-10-24-15-7-4-13(5-8-15)19-16-11-14(23)6-9-18(16)25-20(22)17(19)12-21/h4-9,11,19,23H,2-3,10,22H2,1H3. The first-order chi connectivity index (χ1) is 12.1. The minimum absolute atomic E-state index is 0.0916. The second kappa shape index (κ2) is 7.18. The molecule has 0 aliphatic carbocycles. The second-order valence-corrected chi connectivity index (χ2v) is 5.92. The van der Waals surface area contributed by atoms with E-state index in [0.717, 1.165) is 24.2 Å². The Morgan fingerprint density at radius 1 is 1.24 bits per heavy atom. The van der Waals surface area contributed by atoms with E-state index in [1.807, 2.05) is 24.3 Å². The Bertz CT molecular complexity index is 835. The summed E-state index contributed by atoms with van der Waals surface area (Å²) in [5, 5.41) is 19.4. The van der Waals surface area contributed by atoms with Crippen molar-refractivity contribution in [2.45, 2.75) is 25.7 Å². The zero-order valence-electron chi connectivity index (χ0n) is 14.0. The fraction of sp³-hybridized carbons (Fsp3) is 0.250. The first-order valence-electron chi connectivity index (χ1n) is 8.27. The molecule has 1 aliphatic rings. The molecule has 0 saturated carbocycles. The maximum absolute atomic E-state index is 9.84. The molecule has 0 bridgehead atoms. The molecule has 1 unspecified atom stereocenters. The molecule has 0 fully saturated rings. The lowest BCUT2D eigenvalue weighted by molar-refractivity contribution is 0.309. The zero-order valence-corrected chi connectivity index (χ0v) is 14.0. The predicted molar refractivity (Wildman–Crippen MR) is 94.2 cm³/mol. The molecule has 3 N–H and O–H groups in total. The molecule has 1 heterocycles. The van der Waals surface area contributed by atoms with Crippen molar-refractivity contribution >= 4 is 0 Å². The fourth-order valence-corrected chi connectivity index (χ4v) is 2.88. The summed E-state index contributed by atoms with van der Waals surface area (Å²) in [6.07, 6.45) is 2.09. The number of phenols is 1. The lowest BCUT2D eigenvalue weighted by Gasteiger charge is -2.26. The lowest BCUT2D eigenvalue weighted by Crippen LogP contribution is -2.20. The zero-order chi connectivity index (χ0) is 17.8. The maximum Gasteiger partial charge on any atom is 0.205 e. The van der Waals surface area contributed by atoms with Gasteiger partial charge in [-0.1, -0.05) is 25.5 Å². The lowest BCUT2D eigenvalue weighted by atomic mass is 9.83. The van der Waals surface area contributed by atoms with Crippen LogP contribution in [0.15, 0.2) is 53.9 Å². The van der Waals surface area contributed by atoms with Gasteiger partial charge in [-0.05, 0) is 42.3 Å². The molecule has 5 heteroatoms. The number of ether oxygens (including phenoxy) is 2. The van der Waals surface area contributed by atoms with Crippen LogP contribution in [0.25, 0.3) is 0 Å². The average molecular weight is 336 g/mol. The van der Waals surface area contributed by atoms with Crippen molar-refractivity contribution in [2.75, 3.05) is 6.61 Å². The normalized spacial score (nSPS) is 15.9. The first kappa shape index (κ1) is 16.7. The van der Waals surface area contributed by atoms with Gasteiger partial charge < -0.3 is 20.3 Å². The van der Waals surface area contributed by atoms with Crippen molar-refractivity contribution in [3.63, 3.8) is 0 Å². The number of hydrogen-bond acceptors (Lipinski definition) is 5. The number of fused-ring (bicyclic) bond motifs is 1. The summed E-state index contributed by atoms with van der Waals surface area (Å²) in [6, 6.07) is 14.5. The van der Waals surface area contributed by atoms with Crippen LogP contribution in [0.1, 0.15) is 36.8 Å². The number of benzene rings is 2. The van der Waals surface area contributed by atoms with Gasteiger partial charge in [0.1, 0.15) is 28.9 Å². The van der Waals surface area contributed by atoms with Crippen LogP contribution in [0.5, 0.6) is 17.2 Å². The van der Waals surface area contributed by atoms with Gasteiger partial charge in [0, 0.05) is 5.56 Å². The Kier molecular flexibility index (Phi) is 4.80. The number of nitrogens with zero attached hydrogens (tertiary/aromatic N) is 1. The van der Waals surface area contributed by atoms with E-state index in [9.17, 15) is 10.4 Å². The van der Waals surface area contributed by atoms with Crippen LogP contribution >= 0.6 is 0 Å². The van der Waals surface area contributed by atoms with Crippen molar-refractivity contribution in [3.05, 3.63) is 65.0 Å². The molecule has 25 heavy (non-hydrogen) atoms. The number of allylic oxidation sites excluding steroid dienone is 1. The molecule has 0 saturated heterocycles. The van der Waals surface area contributed by atoms with Crippen molar-refractivity contribution in [3.8, 4) is 23.3 Å². The molecule has 1 atom stereocenters. The number of nitrogens with two attached hydrogens (primary N) is 1. The number of unbranched alkanes of at least 4 members (excludes halogenated alkanes) is 1. The maximum atomic E-state index is 9.84. The highest BCUT2D eigenvalue weighted by atomic mass is 16.5.